The average Bonchev–Trinajstić information content (AvgIpc) is 2.53. The van der Waals surface area contributed by atoms with Gasteiger partial charge in [0.25, 0.3) is 0 Å². The summed E-state index contributed by atoms with van der Waals surface area (Å²) in [4.78, 5) is 10.6. The van der Waals surface area contributed by atoms with Gasteiger partial charge in [0, 0.05) is 12.1 Å². The van der Waals surface area contributed by atoms with Crippen molar-refractivity contribution in [3.63, 3.8) is 0 Å². The summed E-state index contributed by atoms with van der Waals surface area (Å²) in [7, 11) is 1.47. The standard InChI is InChI=1S/C17H14ClFO4/c1-22-15-8-12(4-7-17(20)21)14(18)9-16(15)23-10-11-2-5-13(19)6-3-11/h2-9H,10H2,1H3,(H,20,21). The van der Waals surface area contributed by atoms with E-state index in [-0.39, 0.29) is 12.4 Å². The van der Waals surface area contributed by atoms with Gasteiger partial charge in [-0.3, -0.25) is 0 Å². The molecule has 0 aromatic heterocycles. The first kappa shape index (κ1) is 16.8. The minimum Gasteiger partial charge on any atom is -0.493 e. The lowest BCUT2D eigenvalue weighted by Gasteiger charge is -2.12. The predicted octanol–water partition coefficient (Wildman–Crippen LogP) is 4.16. The quantitative estimate of drug-likeness (QED) is 0.805. The lowest BCUT2D eigenvalue weighted by atomic mass is 10.2. The Morgan fingerprint density at radius 2 is 1.96 bits per heavy atom. The summed E-state index contributed by atoms with van der Waals surface area (Å²) >= 11 is 6.12. The normalized spacial score (nSPS) is 10.7. The zero-order valence-electron chi connectivity index (χ0n) is 12.3. The molecule has 2 rings (SSSR count). The van der Waals surface area contributed by atoms with E-state index < -0.39 is 5.97 Å². The molecule has 23 heavy (non-hydrogen) atoms. The van der Waals surface area contributed by atoms with Crippen LogP contribution in [0.1, 0.15) is 11.1 Å². The Morgan fingerprint density at radius 3 is 2.57 bits per heavy atom. The fraction of sp³-hybridized carbons (Fsp3) is 0.118. The van der Waals surface area contributed by atoms with Gasteiger partial charge in [-0.05, 0) is 35.4 Å². The number of aliphatic carboxylic acids is 1. The molecule has 0 saturated heterocycles. The smallest absolute Gasteiger partial charge is 0.328 e. The number of methoxy groups -OCH3 is 1. The molecule has 0 bridgehead atoms. The maximum Gasteiger partial charge on any atom is 0.328 e. The van der Waals surface area contributed by atoms with E-state index in [1.807, 2.05) is 0 Å². The number of hydrogen-bond acceptors (Lipinski definition) is 3. The number of carbonyl (C=O) groups is 1. The molecule has 0 atom stereocenters. The Morgan fingerprint density at radius 1 is 1.26 bits per heavy atom. The Labute approximate surface area is 137 Å². The number of halogens is 2. The second-order valence-electron chi connectivity index (χ2n) is 4.61. The summed E-state index contributed by atoms with van der Waals surface area (Å²) in [6.07, 6.45) is 2.36. The van der Waals surface area contributed by atoms with Crippen molar-refractivity contribution in [1.29, 1.82) is 0 Å². The Hall–Kier alpha value is -2.53. The average molecular weight is 337 g/mol. The summed E-state index contributed by atoms with van der Waals surface area (Å²) in [5, 5.41) is 8.99. The Balaban J connectivity index is 2.19. The minimum atomic E-state index is -1.07. The van der Waals surface area contributed by atoms with Crippen molar-refractivity contribution >= 4 is 23.6 Å². The molecule has 4 nitrogen and oxygen atoms in total. The third-order valence-electron chi connectivity index (χ3n) is 3.00. The number of rotatable bonds is 6. The minimum absolute atomic E-state index is 0.220. The molecule has 0 saturated carbocycles. The highest BCUT2D eigenvalue weighted by Crippen LogP contribution is 2.34. The molecule has 0 spiro atoms. The van der Waals surface area contributed by atoms with E-state index in [2.05, 4.69) is 0 Å². The van der Waals surface area contributed by atoms with Crippen molar-refractivity contribution < 1.29 is 23.8 Å². The second kappa shape index (κ2) is 7.65. The molecule has 0 amide bonds. The first-order valence-corrected chi connectivity index (χ1v) is 7.03. The van der Waals surface area contributed by atoms with Gasteiger partial charge >= 0.3 is 5.97 Å². The maximum atomic E-state index is 12.9. The van der Waals surface area contributed by atoms with Crippen LogP contribution in [0.5, 0.6) is 11.5 Å². The molecule has 0 heterocycles. The first-order chi connectivity index (χ1) is 11.0. The monoisotopic (exact) mass is 336 g/mol. The van der Waals surface area contributed by atoms with Crippen molar-refractivity contribution in [2.24, 2.45) is 0 Å². The van der Waals surface area contributed by atoms with Crippen LogP contribution in [0.4, 0.5) is 4.39 Å². The molecule has 0 aliphatic carbocycles. The predicted molar refractivity (Wildman–Crippen MR) is 85.4 cm³/mol. The van der Waals surface area contributed by atoms with E-state index in [9.17, 15) is 9.18 Å². The lowest BCUT2D eigenvalue weighted by molar-refractivity contribution is -0.131. The number of carboxylic acids is 1. The summed E-state index contributed by atoms with van der Waals surface area (Å²) in [5.41, 5.74) is 1.29. The highest BCUT2D eigenvalue weighted by Gasteiger charge is 2.10. The molecule has 2 aromatic rings. The molecule has 120 valence electrons. The van der Waals surface area contributed by atoms with Gasteiger partial charge in [-0.2, -0.15) is 0 Å². The van der Waals surface area contributed by atoms with Crippen molar-refractivity contribution in [3.8, 4) is 11.5 Å². The summed E-state index contributed by atoms with van der Waals surface area (Å²) in [5.74, 6) is -0.559. The van der Waals surface area contributed by atoms with Gasteiger partial charge in [-0.15, -0.1) is 0 Å². The van der Waals surface area contributed by atoms with Crippen LogP contribution < -0.4 is 9.47 Å². The molecule has 0 aliphatic rings. The summed E-state index contributed by atoms with van der Waals surface area (Å²) in [6, 6.07) is 9.07. The van der Waals surface area contributed by atoms with Crippen molar-refractivity contribution in [2.75, 3.05) is 7.11 Å². The molecule has 0 radical (unpaired) electrons. The van der Waals surface area contributed by atoms with E-state index in [0.717, 1.165) is 11.6 Å². The first-order valence-electron chi connectivity index (χ1n) is 6.65. The van der Waals surface area contributed by atoms with Crippen molar-refractivity contribution in [3.05, 3.63) is 64.4 Å². The van der Waals surface area contributed by atoms with Crippen LogP contribution in [0.15, 0.2) is 42.5 Å². The van der Waals surface area contributed by atoms with Crippen LogP contribution in [-0.2, 0) is 11.4 Å². The van der Waals surface area contributed by atoms with Crippen LogP contribution in [0.25, 0.3) is 6.08 Å². The number of carboxylic acid groups (broad SMARTS) is 1. The fourth-order valence-corrected chi connectivity index (χ4v) is 2.07. The van der Waals surface area contributed by atoms with Gasteiger partial charge in [0.1, 0.15) is 12.4 Å². The molecule has 6 heteroatoms. The fourth-order valence-electron chi connectivity index (χ4n) is 1.85. The molecule has 0 unspecified atom stereocenters. The van der Waals surface area contributed by atoms with E-state index in [1.165, 1.54) is 25.3 Å². The van der Waals surface area contributed by atoms with Crippen LogP contribution in [0.3, 0.4) is 0 Å². The second-order valence-corrected chi connectivity index (χ2v) is 5.02. The van der Waals surface area contributed by atoms with Crippen molar-refractivity contribution in [1.82, 2.24) is 0 Å². The Bertz CT molecular complexity index is 726. The SMILES string of the molecule is COc1cc(C=CC(=O)O)c(Cl)cc1OCc1ccc(F)cc1. The van der Waals surface area contributed by atoms with Crippen molar-refractivity contribution in [2.45, 2.75) is 6.61 Å². The van der Waals surface area contributed by atoms with Gasteiger partial charge in [-0.1, -0.05) is 23.7 Å². The highest BCUT2D eigenvalue weighted by atomic mass is 35.5. The van der Waals surface area contributed by atoms with E-state index in [1.54, 1.807) is 24.3 Å². The van der Waals surface area contributed by atoms with Crippen LogP contribution in [-0.4, -0.2) is 18.2 Å². The zero-order chi connectivity index (χ0) is 16.8. The summed E-state index contributed by atoms with van der Waals surface area (Å²) in [6.45, 7) is 0.220. The van der Waals surface area contributed by atoms with E-state index >= 15 is 0 Å². The highest BCUT2D eigenvalue weighted by molar-refractivity contribution is 6.32. The number of benzene rings is 2. The van der Waals surface area contributed by atoms with Gasteiger partial charge in [0.2, 0.25) is 0 Å². The van der Waals surface area contributed by atoms with Gasteiger partial charge in [0.05, 0.1) is 12.1 Å². The third-order valence-corrected chi connectivity index (χ3v) is 3.32. The van der Waals surface area contributed by atoms with Gasteiger partial charge in [-0.25, -0.2) is 9.18 Å². The lowest BCUT2D eigenvalue weighted by Crippen LogP contribution is -1.98. The van der Waals surface area contributed by atoms with E-state index in [4.69, 9.17) is 26.2 Å². The number of hydrogen-bond donors (Lipinski definition) is 1. The largest absolute Gasteiger partial charge is 0.493 e. The number of ether oxygens (including phenoxy) is 2. The van der Waals surface area contributed by atoms with Crippen LogP contribution >= 0.6 is 11.6 Å². The molecular formula is C17H14ClFO4. The van der Waals surface area contributed by atoms with Gasteiger partial charge in [0.15, 0.2) is 11.5 Å². The van der Waals surface area contributed by atoms with Gasteiger partial charge < -0.3 is 14.6 Å². The summed E-state index contributed by atoms with van der Waals surface area (Å²) < 4.78 is 23.7. The molecular weight excluding hydrogens is 323 g/mol. The Kier molecular flexibility index (Phi) is 5.60. The molecule has 0 fully saturated rings. The molecule has 1 N–H and O–H groups in total. The third kappa shape index (κ3) is 4.72. The maximum absolute atomic E-state index is 12.9. The topological polar surface area (TPSA) is 55.8 Å². The zero-order valence-corrected chi connectivity index (χ0v) is 13.0. The van der Waals surface area contributed by atoms with Crippen LogP contribution in [0, 0.1) is 5.82 Å². The van der Waals surface area contributed by atoms with Crippen LogP contribution in [0.2, 0.25) is 5.02 Å². The van der Waals surface area contributed by atoms with E-state index in [0.29, 0.717) is 22.1 Å². The molecule has 0 aliphatic heterocycles. The molecule has 2 aromatic carbocycles.